The summed E-state index contributed by atoms with van der Waals surface area (Å²) in [7, 11) is 1.31. The maximum atomic E-state index is 12.5. The number of amides is 1. The predicted octanol–water partition coefficient (Wildman–Crippen LogP) is 1.94. The largest absolute Gasteiger partial charge is 0.471 e. The van der Waals surface area contributed by atoms with Crippen LogP contribution in [0.2, 0.25) is 0 Å². The minimum absolute atomic E-state index is 0.158. The molecule has 4 nitrogen and oxygen atoms in total. The molecule has 0 radical (unpaired) electrons. The minimum atomic E-state index is -4.91. The Morgan fingerprint density at radius 2 is 2.11 bits per heavy atom. The minimum Gasteiger partial charge on any atom is -0.463 e. The molecule has 0 aliphatic carbocycles. The Morgan fingerprint density at radius 3 is 2.74 bits per heavy atom. The molecule has 1 aromatic carbocycles. The van der Waals surface area contributed by atoms with Gasteiger partial charge in [-0.2, -0.15) is 13.2 Å². The zero-order valence-electron chi connectivity index (χ0n) is 10.1. The molecule has 104 valence electrons. The second kappa shape index (κ2) is 5.08. The zero-order chi connectivity index (χ0) is 14.0. The molecule has 1 aliphatic heterocycles. The molecule has 0 aromatic heterocycles. The lowest BCUT2D eigenvalue weighted by Crippen LogP contribution is -2.44. The first-order valence-electron chi connectivity index (χ1n) is 5.55. The van der Waals surface area contributed by atoms with Crippen LogP contribution in [0.5, 0.6) is 5.75 Å². The van der Waals surface area contributed by atoms with Crippen LogP contribution in [0.25, 0.3) is 0 Å². The van der Waals surface area contributed by atoms with Crippen molar-refractivity contribution in [3.05, 3.63) is 29.8 Å². The monoisotopic (exact) mass is 275 g/mol. The second-order valence-corrected chi connectivity index (χ2v) is 4.07. The summed E-state index contributed by atoms with van der Waals surface area (Å²) >= 11 is 0. The number of carbonyl (C=O) groups is 1. The van der Waals surface area contributed by atoms with Crippen molar-refractivity contribution in [2.75, 3.05) is 13.7 Å². The van der Waals surface area contributed by atoms with Gasteiger partial charge in [-0.05, 0) is 6.07 Å². The summed E-state index contributed by atoms with van der Waals surface area (Å²) in [6.07, 6.45) is -5.83. The molecule has 0 fully saturated rings. The Morgan fingerprint density at radius 1 is 1.42 bits per heavy atom. The highest BCUT2D eigenvalue weighted by molar-refractivity contribution is 5.82. The van der Waals surface area contributed by atoms with Crippen LogP contribution in [0.3, 0.4) is 0 Å². The van der Waals surface area contributed by atoms with E-state index in [1.54, 1.807) is 24.3 Å². The number of hydrogen-bond acceptors (Lipinski definition) is 3. The number of ether oxygens (including phenoxy) is 2. The third-order valence-corrected chi connectivity index (χ3v) is 2.75. The molecule has 0 N–H and O–H groups in total. The molecule has 0 saturated heterocycles. The van der Waals surface area contributed by atoms with Crippen LogP contribution in [0.1, 0.15) is 5.56 Å². The molecule has 1 unspecified atom stereocenters. The fourth-order valence-corrected chi connectivity index (χ4v) is 1.84. The van der Waals surface area contributed by atoms with Crippen molar-refractivity contribution < 1.29 is 27.4 Å². The van der Waals surface area contributed by atoms with Gasteiger partial charge in [0.25, 0.3) is 0 Å². The van der Waals surface area contributed by atoms with E-state index in [0.717, 1.165) is 0 Å². The highest BCUT2D eigenvalue weighted by atomic mass is 19.4. The first-order valence-corrected chi connectivity index (χ1v) is 5.55. The molecule has 0 saturated carbocycles. The van der Waals surface area contributed by atoms with Crippen molar-refractivity contribution in [3.8, 4) is 5.75 Å². The normalized spacial score (nSPS) is 19.4. The van der Waals surface area contributed by atoms with Gasteiger partial charge in [0.2, 0.25) is 6.29 Å². The van der Waals surface area contributed by atoms with E-state index < -0.39 is 18.4 Å². The number of hydrogen-bond donors (Lipinski definition) is 0. The van der Waals surface area contributed by atoms with E-state index >= 15 is 0 Å². The van der Waals surface area contributed by atoms with Gasteiger partial charge in [-0.3, -0.25) is 4.79 Å². The summed E-state index contributed by atoms with van der Waals surface area (Å²) in [6, 6.07) is 6.62. The van der Waals surface area contributed by atoms with E-state index in [4.69, 9.17) is 9.47 Å². The van der Waals surface area contributed by atoms with Gasteiger partial charge < -0.3 is 14.4 Å². The van der Waals surface area contributed by atoms with Crippen molar-refractivity contribution >= 4 is 5.91 Å². The number of benzene rings is 1. The number of nitrogens with zero attached hydrogens (tertiary/aromatic N) is 1. The van der Waals surface area contributed by atoms with Crippen molar-refractivity contribution in [2.45, 2.75) is 19.0 Å². The Hall–Kier alpha value is -1.76. The van der Waals surface area contributed by atoms with Gasteiger partial charge in [-0.15, -0.1) is 0 Å². The lowest BCUT2D eigenvalue weighted by atomic mass is 10.2. The fraction of sp³-hybridized carbons (Fsp3) is 0.417. The molecule has 0 spiro atoms. The van der Waals surface area contributed by atoms with Crippen molar-refractivity contribution in [1.29, 1.82) is 0 Å². The third-order valence-electron chi connectivity index (χ3n) is 2.75. The molecule has 7 heteroatoms. The highest BCUT2D eigenvalue weighted by Gasteiger charge is 2.44. The van der Waals surface area contributed by atoms with Gasteiger partial charge in [0, 0.05) is 19.2 Å². The summed E-state index contributed by atoms with van der Waals surface area (Å²) in [5.74, 6) is -1.47. The fourth-order valence-electron chi connectivity index (χ4n) is 1.84. The number of methoxy groups -OCH3 is 1. The first-order chi connectivity index (χ1) is 8.91. The second-order valence-electron chi connectivity index (χ2n) is 4.07. The standard InChI is InChI=1S/C12H12F3NO3/c1-18-10-7-16(11(17)12(13,14)15)6-8-4-2-3-5-9(8)19-10/h2-5,10H,6-7H2,1H3. The number of carbonyl (C=O) groups excluding carboxylic acids is 1. The Balaban J connectivity index is 2.30. The summed E-state index contributed by atoms with van der Waals surface area (Å²) in [5, 5.41) is 0. The van der Waals surface area contributed by atoms with Crippen molar-refractivity contribution in [1.82, 2.24) is 4.90 Å². The Bertz CT molecular complexity index is 476. The summed E-state index contributed by atoms with van der Waals surface area (Å²) in [4.78, 5) is 12.0. The number of alkyl halides is 3. The summed E-state index contributed by atoms with van der Waals surface area (Å²) < 4.78 is 47.9. The molecule has 19 heavy (non-hydrogen) atoms. The van der Waals surface area contributed by atoms with E-state index in [2.05, 4.69) is 0 Å². The van der Waals surface area contributed by atoms with E-state index in [0.29, 0.717) is 16.2 Å². The quantitative estimate of drug-likeness (QED) is 0.786. The Kier molecular flexibility index (Phi) is 3.66. The Labute approximate surface area is 107 Å². The topological polar surface area (TPSA) is 38.8 Å². The van der Waals surface area contributed by atoms with Gasteiger partial charge in [-0.25, -0.2) is 0 Å². The molecule has 0 bridgehead atoms. The van der Waals surface area contributed by atoms with E-state index in [1.165, 1.54) is 7.11 Å². The van der Waals surface area contributed by atoms with E-state index in [9.17, 15) is 18.0 Å². The number of halogens is 3. The van der Waals surface area contributed by atoms with E-state index in [-0.39, 0.29) is 13.1 Å². The van der Waals surface area contributed by atoms with Gasteiger partial charge in [0.05, 0.1) is 6.54 Å². The average Bonchev–Trinajstić information content (AvgIpc) is 2.55. The lowest BCUT2D eigenvalue weighted by Gasteiger charge is -2.23. The molecular formula is C12H12F3NO3. The van der Waals surface area contributed by atoms with Crippen LogP contribution in [-0.2, 0) is 16.1 Å². The smallest absolute Gasteiger partial charge is 0.463 e. The number of para-hydroxylation sites is 1. The van der Waals surface area contributed by atoms with Gasteiger partial charge in [0.15, 0.2) is 0 Å². The van der Waals surface area contributed by atoms with E-state index in [1.807, 2.05) is 0 Å². The van der Waals surface area contributed by atoms with Crippen molar-refractivity contribution in [2.24, 2.45) is 0 Å². The molecule has 1 atom stereocenters. The van der Waals surface area contributed by atoms with Crippen LogP contribution in [0, 0.1) is 0 Å². The van der Waals surface area contributed by atoms with Crippen LogP contribution in [0.4, 0.5) is 13.2 Å². The van der Waals surface area contributed by atoms with Gasteiger partial charge >= 0.3 is 12.1 Å². The number of fused-ring (bicyclic) bond motifs is 1. The molecule has 1 heterocycles. The molecule has 2 rings (SSSR count). The lowest BCUT2D eigenvalue weighted by molar-refractivity contribution is -0.189. The third kappa shape index (κ3) is 2.98. The molecule has 1 amide bonds. The number of rotatable bonds is 1. The van der Waals surface area contributed by atoms with Crippen LogP contribution in [0.15, 0.2) is 24.3 Å². The van der Waals surface area contributed by atoms with Crippen LogP contribution >= 0.6 is 0 Å². The maximum absolute atomic E-state index is 12.5. The van der Waals surface area contributed by atoms with Crippen LogP contribution in [-0.4, -0.2) is 36.9 Å². The highest BCUT2D eigenvalue weighted by Crippen LogP contribution is 2.28. The summed E-state index contributed by atoms with van der Waals surface area (Å²) in [5.41, 5.74) is 0.514. The molecule has 1 aliphatic rings. The van der Waals surface area contributed by atoms with Crippen molar-refractivity contribution in [3.63, 3.8) is 0 Å². The molecular weight excluding hydrogens is 263 g/mol. The van der Waals surface area contributed by atoms with Crippen LogP contribution < -0.4 is 4.74 Å². The van der Waals surface area contributed by atoms with Gasteiger partial charge in [0.1, 0.15) is 5.75 Å². The van der Waals surface area contributed by atoms with Gasteiger partial charge in [-0.1, -0.05) is 18.2 Å². The first kappa shape index (κ1) is 13.7. The SMILES string of the molecule is COC1CN(C(=O)C(F)(F)F)Cc2ccccc2O1. The predicted molar refractivity (Wildman–Crippen MR) is 59.3 cm³/mol. The molecule has 1 aromatic rings. The summed E-state index contributed by atoms with van der Waals surface area (Å²) in [6.45, 7) is -0.433. The average molecular weight is 275 g/mol. The maximum Gasteiger partial charge on any atom is 0.471 e. The zero-order valence-corrected chi connectivity index (χ0v) is 10.1.